The van der Waals surface area contributed by atoms with Crippen LogP contribution in [0.2, 0.25) is 0 Å². The molecule has 28 heavy (non-hydrogen) atoms. The first-order valence-corrected chi connectivity index (χ1v) is 9.03. The van der Waals surface area contributed by atoms with Crippen LogP contribution in [0.1, 0.15) is 17.2 Å². The van der Waals surface area contributed by atoms with Crippen molar-refractivity contribution < 1.29 is 28.5 Å². The molecule has 1 amide bonds. The zero-order valence-corrected chi connectivity index (χ0v) is 17.1. The highest BCUT2D eigenvalue weighted by molar-refractivity contribution is 9.10. The summed E-state index contributed by atoms with van der Waals surface area (Å²) in [5.41, 5.74) is 3.82. The van der Waals surface area contributed by atoms with Gasteiger partial charge in [-0.25, -0.2) is 5.43 Å². The molecule has 2 aromatic rings. The number of fused-ring (bicyclic) bond motifs is 1. The van der Waals surface area contributed by atoms with Crippen molar-refractivity contribution in [3.8, 4) is 23.0 Å². The zero-order chi connectivity index (χ0) is 20.1. The van der Waals surface area contributed by atoms with Gasteiger partial charge in [0.15, 0.2) is 29.1 Å². The summed E-state index contributed by atoms with van der Waals surface area (Å²) in [6, 6.07) is 8.73. The van der Waals surface area contributed by atoms with Crippen molar-refractivity contribution in [3.63, 3.8) is 0 Å². The number of nitrogens with zero attached hydrogens (tertiary/aromatic N) is 1. The molecule has 0 spiro atoms. The number of carbonyl (C=O) groups excluding carboxylic acids is 1. The number of rotatable bonds is 7. The van der Waals surface area contributed by atoms with E-state index in [9.17, 15) is 4.79 Å². The van der Waals surface area contributed by atoms with Crippen LogP contribution in [-0.4, -0.2) is 40.2 Å². The molecular weight excluding hydrogens is 432 g/mol. The van der Waals surface area contributed by atoms with Crippen molar-refractivity contribution in [1.82, 2.24) is 5.43 Å². The number of halogens is 1. The van der Waals surface area contributed by atoms with Gasteiger partial charge >= 0.3 is 0 Å². The van der Waals surface area contributed by atoms with Crippen molar-refractivity contribution in [2.24, 2.45) is 5.10 Å². The Labute approximate surface area is 170 Å². The van der Waals surface area contributed by atoms with Crippen LogP contribution < -0.4 is 24.4 Å². The summed E-state index contributed by atoms with van der Waals surface area (Å²) in [6.45, 7) is 0.161. The normalized spacial score (nSPS) is 13.4. The summed E-state index contributed by atoms with van der Waals surface area (Å²) in [6.07, 6.45) is 0.653. The fourth-order valence-corrected chi connectivity index (χ4v) is 3.33. The minimum absolute atomic E-state index is 0.161. The van der Waals surface area contributed by atoms with E-state index in [2.05, 4.69) is 26.5 Å². The van der Waals surface area contributed by atoms with Gasteiger partial charge in [0.2, 0.25) is 6.79 Å². The quantitative estimate of drug-likeness (QED) is 0.515. The summed E-state index contributed by atoms with van der Waals surface area (Å²) in [5, 5.41) is 4.00. The molecule has 0 aliphatic carbocycles. The molecule has 1 unspecified atom stereocenters. The van der Waals surface area contributed by atoms with E-state index in [-0.39, 0.29) is 6.79 Å². The second kappa shape index (κ2) is 8.94. The third-order valence-electron chi connectivity index (χ3n) is 4.02. The van der Waals surface area contributed by atoms with Crippen molar-refractivity contribution in [2.75, 3.05) is 28.1 Å². The third kappa shape index (κ3) is 4.20. The molecule has 0 bridgehead atoms. The van der Waals surface area contributed by atoms with Crippen molar-refractivity contribution in [1.29, 1.82) is 0 Å². The van der Waals surface area contributed by atoms with E-state index in [1.54, 1.807) is 44.6 Å². The van der Waals surface area contributed by atoms with Crippen molar-refractivity contribution >= 4 is 28.1 Å². The van der Waals surface area contributed by atoms with Crippen molar-refractivity contribution in [3.05, 3.63) is 45.9 Å². The minimum atomic E-state index is -0.844. The molecule has 1 N–H and O–H groups in total. The number of nitrogens with one attached hydrogen (secondary N) is 1. The minimum Gasteiger partial charge on any atom is -0.493 e. The number of hydrazone groups is 1. The van der Waals surface area contributed by atoms with E-state index in [4.69, 9.17) is 23.7 Å². The predicted molar refractivity (Wildman–Crippen MR) is 105 cm³/mol. The van der Waals surface area contributed by atoms with Crippen LogP contribution in [0.4, 0.5) is 0 Å². The van der Waals surface area contributed by atoms with E-state index in [0.717, 1.165) is 0 Å². The average molecular weight is 451 g/mol. The summed E-state index contributed by atoms with van der Waals surface area (Å²) in [7, 11) is 4.54. The topological polar surface area (TPSA) is 87.6 Å². The van der Waals surface area contributed by atoms with Crippen LogP contribution in [0.25, 0.3) is 0 Å². The molecule has 8 nitrogen and oxygen atoms in total. The SMILES string of the molecule is COc1cc(/C=N/NC(=O)C(OC)c2ccc3c(c2)OCO3)cc(Br)c1OC. The molecule has 0 aromatic heterocycles. The van der Waals surface area contributed by atoms with E-state index in [1.807, 2.05) is 0 Å². The fraction of sp³-hybridized carbons (Fsp3) is 0.263. The molecular formula is C19H19BrN2O6. The van der Waals surface area contributed by atoms with Gasteiger partial charge in [-0.05, 0) is 51.3 Å². The van der Waals surface area contributed by atoms with Gasteiger partial charge in [0, 0.05) is 7.11 Å². The largest absolute Gasteiger partial charge is 0.493 e. The van der Waals surface area contributed by atoms with E-state index < -0.39 is 12.0 Å². The van der Waals surface area contributed by atoms with Crippen LogP contribution in [0.5, 0.6) is 23.0 Å². The van der Waals surface area contributed by atoms with Crippen LogP contribution in [0, 0.1) is 0 Å². The number of benzene rings is 2. The summed E-state index contributed by atoms with van der Waals surface area (Å²) in [5.74, 6) is 1.91. The first-order valence-electron chi connectivity index (χ1n) is 8.24. The molecule has 9 heteroatoms. The monoisotopic (exact) mass is 450 g/mol. The van der Waals surface area contributed by atoms with E-state index >= 15 is 0 Å². The first kappa shape index (κ1) is 20.0. The highest BCUT2D eigenvalue weighted by Gasteiger charge is 2.23. The van der Waals surface area contributed by atoms with E-state index in [0.29, 0.717) is 38.6 Å². The maximum atomic E-state index is 12.5. The van der Waals surface area contributed by atoms with Crippen LogP contribution in [0.3, 0.4) is 0 Å². The average Bonchev–Trinajstić information content (AvgIpc) is 3.16. The van der Waals surface area contributed by atoms with E-state index in [1.165, 1.54) is 13.3 Å². The Morgan fingerprint density at radius 1 is 1.18 bits per heavy atom. The molecule has 0 radical (unpaired) electrons. The molecule has 1 aliphatic rings. The smallest absolute Gasteiger partial charge is 0.273 e. The van der Waals surface area contributed by atoms with Gasteiger partial charge in [-0.1, -0.05) is 6.07 Å². The molecule has 148 valence electrons. The molecule has 1 heterocycles. The lowest BCUT2D eigenvalue weighted by Crippen LogP contribution is -2.26. The number of amides is 1. The van der Waals surface area contributed by atoms with Crippen LogP contribution in [-0.2, 0) is 9.53 Å². The van der Waals surface area contributed by atoms with Crippen LogP contribution in [0.15, 0.2) is 39.9 Å². The maximum absolute atomic E-state index is 12.5. The Morgan fingerprint density at radius 3 is 2.68 bits per heavy atom. The molecule has 1 atom stereocenters. The van der Waals surface area contributed by atoms with Gasteiger partial charge in [0.1, 0.15) is 0 Å². The summed E-state index contributed by atoms with van der Waals surface area (Å²) >= 11 is 3.41. The Kier molecular flexibility index (Phi) is 6.37. The van der Waals surface area contributed by atoms with Crippen LogP contribution >= 0.6 is 15.9 Å². The predicted octanol–water partition coefficient (Wildman–Crippen LogP) is 3.03. The molecule has 0 saturated heterocycles. The van der Waals surface area contributed by atoms with Gasteiger partial charge in [-0.2, -0.15) is 5.10 Å². The Balaban J connectivity index is 1.71. The highest BCUT2D eigenvalue weighted by Crippen LogP contribution is 2.36. The number of hydrogen-bond donors (Lipinski definition) is 1. The lowest BCUT2D eigenvalue weighted by atomic mass is 10.1. The molecule has 0 saturated carbocycles. The Bertz CT molecular complexity index is 902. The second-order valence-electron chi connectivity index (χ2n) is 5.70. The van der Waals surface area contributed by atoms with Gasteiger partial charge in [-0.15, -0.1) is 0 Å². The lowest BCUT2D eigenvalue weighted by molar-refractivity contribution is -0.131. The Morgan fingerprint density at radius 2 is 1.96 bits per heavy atom. The molecule has 2 aromatic carbocycles. The molecule has 1 aliphatic heterocycles. The lowest BCUT2D eigenvalue weighted by Gasteiger charge is -2.14. The Hall–Kier alpha value is -2.78. The standard InChI is InChI=1S/C19H19BrN2O6/c1-24-16-7-11(6-13(20)18(16)26-3)9-21-22-19(23)17(25-2)12-4-5-14-15(8-12)28-10-27-14/h4-9,17H,10H2,1-3H3,(H,22,23)/b21-9+. The van der Waals surface area contributed by atoms with Gasteiger partial charge in [0.05, 0.1) is 24.9 Å². The number of carbonyl (C=O) groups is 1. The molecule has 3 rings (SSSR count). The highest BCUT2D eigenvalue weighted by atomic mass is 79.9. The van der Waals surface area contributed by atoms with Gasteiger partial charge in [-0.3, -0.25) is 4.79 Å². The number of ether oxygens (including phenoxy) is 5. The zero-order valence-electron chi connectivity index (χ0n) is 15.5. The third-order valence-corrected chi connectivity index (χ3v) is 4.61. The summed E-state index contributed by atoms with van der Waals surface area (Å²) in [4.78, 5) is 12.5. The fourth-order valence-electron chi connectivity index (χ4n) is 2.71. The first-order chi connectivity index (χ1) is 13.6. The summed E-state index contributed by atoms with van der Waals surface area (Å²) < 4.78 is 27.2. The number of hydrogen-bond acceptors (Lipinski definition) is 7. The number of methoxy groups -OCH3 is 3. The van der Waals surface area contributed by atoms with Crippen molar-refractivity contribution in [2.45, 2.75) is 6.10 Å². The van der Waals surface area contributed by atoms with Gasteiger partial charge in [0.25, 0.3) is 5.91 Å². The maximum Gasteiger partial charge on any atom is 0.273 e. The molecule has 0 fully saturated rings. The van der Waals surface area contributed by atoms with Gasteiger partial charge < -0.3 is 23.7 Å². The second-order valence-corrected chi connectivity index (χ2v) is 6.56.